The molecule has 1 aromatic heterocycles. The third-order valence-corrected chi connectivity index (χ3v) is 4.49. The fourth-order valence-electron chi connectivity index (χ4n) is 2.63. The Morgan fingerprint density at radius 1 is 1.27 bits per heavy atom. The molecule has 3 aromatic rings. The van der Waals surface area contributed by atoms with Crippen LogP contribution in [0.15, 0.2) is 42.5 Å². The number of anilines is 2. The van der Waals surface area contributed by atoms with Crippen LogP contribution in [0.1, 0.15) is 26.3 Å². The van der Waals surface area contributed by atoms with Crippen LogP contribution in [-0.4, -0.2) is 33.9 Å². The second-order valence-electron chi connectivity index (χ2n) is 7.65. The Morgan fingerprint density at radius 2 is 2.00 bits per heavy atom. The number of H-pyrrole nitrogens is 1. The van der Waals surface area contributed by atoms with Crippen molar-refractivity contribution in [3.63, 3.8) is 0 Å². The topological polar surface area (TPSA) is 83.1 Å². The number of hydrogen-bond acceptors (Lipinski definition) is 5. The highest BCUT2D eigenvalue weighted by Crippen LogP contribution is 2.24. The summed E-state index contributed by atoms with van der Waals surface area (Å²) in [7, 11) is 1.64. The van der Waals surface area contributed by atoms with Crippen molar-refractivity contribution in [1.82, 2.24) is 15.2 Å². The summed E-state index contributed by atoms with van der Waals surface area (Å²) in [5.41, 5.74) is 1.10. The third-order valence-electron chi connectivity index (χ3n) is 4.14. The Hall–Kier alpha value is -3.13. The predicted molar refractivity (Wildman–Crippen MR) is 115 cm³/mol. The number of halogens is 2. The van der Waals surface area contributed by atoms with Crippen molar-refractivity contribution in [2.75, 3.05) is 17.3 Å². The second kappa shape index (κ2) is 8.71. The molecule has 9 heteroatoms. The molecule has 2 aromatic carbocycles. The minimum atomic E-state index is -0.589. The van der Waals surface area contributed by atoms with Crippen molar-refractivity contribution < 1.29 is 13.9 Å². The average molecular weight is 432 g/mol. The van der Waals surface area contributed by atoms with Crippen molar-refractivity contribution >= 4 is 29.3 Å². The SMILES string of the molecule is CN(C(=O)OC(C)(C)C)c1cccc(-c2n[nH]c(NCc3c(F)cccc3Cl)n2)c1. The number of rotatable bonds is 5. The summed E-state index contributed by atoms with van der Waals surface area (Å²) in [5, 5.41) is 10.3. The highest BCUT2D eigenvalue weighted by molar-refractivity contribution is 6.31. The van der Waals surface area contributed by atoms with Gasteiger partial charge in [-0.2, -0.15) is 10.1 Å². The lowest BCUT2D eigenvalue weighted by Gasteiger charge is -2.24. The summed E-state index contributed by atoms with van der Waals surface area (Å²) < 4.78 is 19.3. The van der Waals surface area contributed by atoms with Gasteiger partial charge >= 0.3 is 6.09 Å². The molecular formula is C21H23ClFN5O2. The molecule has 0 aliphatic rings. The van der Waals surface area contributed by atoms with Crippen LogP contribution >= 0.6 is 11.6 Å². The van der Waals surface area contributed by atoms with Gasteiger partial charge in [-0.1, -0.05) is 29.8 Å². The number of nitrogens with one attached hydrogen (secondary N) is 2. The number of amides is 1. The summed E-state index contributed by atoms with van der Waals surface area (Å²) in [6, 6.07) is 11.7. The molecule has 0 aliphatic heterocycles. The summed E-state index contributed by atoms with van der Waals surface area (Å²) in [6.07, 6.45) is -0.459. The van der Waals surface area contributed by atoms with Crippen molar-refractivity contribution in [3.8, 4) is 11.4 Å². The van der Waals surface area contributed by atoms with Crippen molar-refractivity contribution in [2.24, 2.45) is 0 Å². The number of nitrogens with zero attached hydrogens (tertiary/aromatic N) is 3. The van der Waals surface area contributed by atoms with E-state index in [0.29, 0.717) is 33.6 Å². The molecule has 0 saturated heterocycles. The lowest BCUT2D eigenvalue weighted by Crippen LogP contribution is -2.34. The first-order valence-electron chi connectivity index (χ1n) is 9.30. The van der Waals surface area contributed by atoms with Gasteiger partial charge in [0.2, 0.25) is 5.95 Å². The maximum atomic E-state index is 13.9. The van der Waals surface area contributed by atoms with Crippen LogP contribution in [-0.2, 0) is 11.3 Å². The predicted octanol–water partition coefficient (Wildman–Crippen LogP) is 5.25. The normalized spacial score (nSPS) is 11.3. The number of ether oxygens (including phenoxy) is 1. The number of carbonyl (C=O) groups is 1. The number of aromatic nitrogens is 3. The van der Waals surface area contributed by atoms with E-state index >= 15 is 0 Å². The van der Waals surface area contributed by atoms with Crippen LogP contribution < -0.4 is 10.2 Å². The minimum Gasteiger partial charge on any atom is -0.443 e. The van der Waals surface area contributed by atoms with Crippen LogP contribution in [0.5, 0.6) is 0 Å². The molecule has 0 fully saturated rings. The van der Waals surface area contributed by atoms with Crippen molar-refractivity contribution in [2.45, 2.75) is 32.9 Å². The number of benzene rings is 2. The fourth-order valence-corrected chi connectivity index (χ4v) is 2.86. The van der Waals surface area contributed by atoms with Crippen molar-refractivity contribution in [1.29, 1.82) is 0 Å². The van der Waals surface area contributed by atoms with Gasteiger partial charge in [0.25, 0.3) is 0 Å². The largest absolute Gasteiger partial charge is 0.443 e. The Labute approximate surface area is 179 Å². The molecule has 0 bridgehead atoms. The number of aromatic amines is 1. The molecule has 2 N–H and O–H groups in total. The van der Waals surface area contributed by atoms with E-state index in [1.807, 2.05) is 26.8 Å². The zero-order valence-electron chi connectivity index (χ0n) is 17.2. The Balaban J connectivity index is 1.73. The van der Waals surface area contributed by atoms with Crippen LogP contribution in [0.2, 0.25) is 5.02 Å². The summed E-state index contributed by atoms with van der Waals surface area (Å²) in [5.74, 6) is 0.402. The third kappa shape index (κ3) is 5.27. The molecule has 1 heterocycles. The van der Waals surface area contributed by atoms with Gasteiger partial charge in [0.1, 0.15) is 11.4 Å². The van der Waals surface area contributed by atoms with Gasteiger partial charge in [-0.15, -0.1) is 0 Å². The monoisotopic (exact) mass is 431 g/mol. The molecule has 0 unspecified atom stereocenters. The first-order chi connectivity index (χ1) is 14.1. The molecule has 7 nitrogen and oxygen atoms in total. The van der Waals surface area contributed by atoms with Gasteiger partial charge in [-0.3, -0.25) is 4.90 Å². The second-order valence-corrected chi connectivity index (χ2v) is 8.06. The van der Waals surface area contributed by atoms with Gasteiger partial charge in [0.05, 0.1) is 0 Å². The smallest absolute Gasteiger partial charge is 0.414 e. The van der Waals surface area contributed by atoms with Gasteiger partial charge in [0.15, 0.2) is 5.82 Å². The van der Waals surface area contributed by atoms with E-state index in [-0.39, 0.29) is 6.54 Å². The Bertz CT molecular complexity index is 1030. The highest BCUT2D eigenvalue weighted by atomic mass is 35.5. The molecule has 3 rings (SSSR count). The first-order valence-corrected chi connectivity index (χ1v) is 9.68. The van der Waals surface area contributed by atoms with E-state index in [1.54, 1.807) is 37.4 Å². The maximum Gasteiger partial charge on any atom is 0.414 e. The first kappa shape index (κ1) is 21.6. The molecule has 0 atom stereocenters. The van der Waals surface area contributed by atoms with E-state index < -0.39 is 17.5 Å². The standard InChI is InChI=1S/C21H23ClFN5O2/c1-21(2,3)30-20(29)28(4)14-8-5-7-13(11-14)18-25-19(27-26-18)24-12-15-16(22)9-6-10-17(15)23/h5-11H,12H2,1-4H3,(H2,24,25,26,27). The zero-order chi connectivity index (χ0) is 21.9. The van der Waals surface area contributed by atoms with E-state index in [9.17, 15) is 9.18 Å². The zero-order valence-corrected chi connectivity index (χ0v) is 17.9. The molecule has 158 valence electrons. The van der Waals surface area contributed by atoms with Gasteiger partial charge in [0, 0.05) is 35.4 Å². The molecular weight excluding hydrogens is 409 g/mol. The maximum absolute atomic E-state index is 13.9. The lowest BCUT2D eigenvalue weighted by molar-refractivity contribution is 0.0589. The van der Waals surface area contributed by atoms with E-state index in [0.717, 1.165) is 0 Å². The van der Waals surface area contributed by atoms with Gasteiger partial charge in [-0.25, -0.2) is 14.3 Å². The number of hydrogen-bond donors (Lipinski definition) is 2. The molecule has 0 radical (unpaired) electrons. The molecule has 1 amide bonds. The summed E-state index contributed by atoms with van der Waals surface area (Å²) >= 11 is 6.04. The van der Waals surface area contributed by atoms with Crippen LogP contribution in [0.25, 0.3) is 11.4 Å². The molecule has 0 spiro atoms. The van der Waals surface area contributed by atoms with Crippen LogP contribution in [0.3, 0.4) is 0 Å². The fraction of sp³-hybridized carbons (Fsp3) is 0.286. The summed E-state index contributed by atoms with van der Waals surface area (Å²) in [6.45, 7) is 5.59. The summed E-state index contributed by atoms with van der Waals surface area (Å²) in [4.78, 5) is 18.1. The van der Waals surface area contributed by atoms with Gasteiger partial charge < -0.3 is 10.1 Å². The number of carbonyl (C=O) groups excluding carboxylic acids is 1. The van der Waals surface area contributed by atoms with Crippen molar-refractivity contribution in [3.05, 3.63) is 58.9 Å². The van der Waals surface area contributed by atoms with E-state index in [4.69, 9.17) is 16.3 Å². The molecule has 30 heavy (non-hydrogen) atoms. The lowest BCUT2D eigenvalue weighted by atomic mass is 10.2. The Morgan fingerprint density at radius 3 is 2.70 bits per heavy atom. The van der Waals surface area contributed by atoms with E-state index in [2.05, 4.69) is 20.5 Å². The van der Waals surface area contributed by atoms with Crippen LogP contribution in [0.4, 0.5) is 20.8 Å². The molecule has 0 aliphatic carbocycles. The van der Waals surface area contributed by atoms with Crippen LogP contribution in [0, 0.1) is 5.82 Å². The average Bonchev–Trinajstić information content (AvgIpc) is 3.15. The molecule has 0 saturated carbocycles. The Kier molecular flexibility index (Phi) is 6.26. The van der Waals surface area contributed by atoms with Gasteiger partial charge in [-0.05, 0) is 45.0 Å². The van der Waals surface area contributed by atoms with E-state index in [1.165, 1.54) is 11.0 Å². The quantitative estimate of drug-likeness (QED) is 0.576. The highest BCUT2D eigenvalue weighted by Gasteiger charge is 2.21. The minimum absolute atomic E-state index is 0.154.